The molecule has 0 radical (unpaired) electrons. The van der Waals surface area contributed by atoms with Crippen LogP contribution in [0.25, 0.3) is 0 Å². The number of aromatic nitrogens is 2. The molecule has 1 unspecified atom stereocenters. The van der Waals surface area contributed by atoms with Crippen LogP contribution in [0.1, 0.15) is 70.6 Å². The summed E-state index contributed by atoms with van der Waals surface area (Å²) in [6.07, 6.45) is 15.2. The molecule has 8 nitrogen and oxygen atoms in total. The molecule has 0 aliphatic carbocycles. The Balaban J connectivity index is 1.11. The number of carbonyl (C=O) groups excluding carboxylic acids is 1. The molecule has 5 rings (SSSR count). The molecule has 5 heterocycles. The third-order valence-corrected chi connectivity index (χ3v) is 8.23. The van der Waals surface area contributed by atoms with E-state index < -0.39 is 0 Å². The maximum absolute atomic E-state index is 12.9. The standard InChI is InChI=1S/C26H43N7O/c34-26(31-16-6-3-7-17-31)32-19-11-23(12-20-32)33-18-8-9-22(21-33)28-25-27-13-10-24(29-25)30-14-4-1-2-5-15-30/h10,13,22-23H,1-9,11-12,14-21H2,(H,27,28,29). The molecule has 188 valence electrons. The number of rotatable bonds is 4. The highest BCUT2D eigenvalue weighted by Gasteiger charge is 2.32. The number of likely N-dealkylation sites (tertiary alicyclic amines) is 3. The van der Waals surface area contributed by atoms with Gasteiger partial charge in [-0.2, -0.15) is 4.98 Å². The fourth-order valence-corrected chi connectivity index (χ4v) is 6.24. The third kappa shape index (κ3) is 5.93. The summed E-state index contributed by atoms with van der Waals surface area (Å²) < 4.78 is 0. The van der Waals surface area contributed by atoms with Crippen molar-refractivity contribution in [2.75, 3.05) is 62.6 Å². The minimum atomic E-state index is 0.276. The van der Waals surface area contributed by atoms with Crippen LogP contribution in [0.3, 0.4) is 0 Å². The molecule has 2 amide bonds. The Kier molecular flexibility index (Phi) is 8.04. The Morgan fingerprint density at radius 3 is 2.24 bits per heavy atom. The van der Waals surface area contributed by atoms with E-state index >= 15 is 0 Å². The first-order valence-electron chi connectivity index (χ1n) is 13.9. The van der Waals surface area contributed by atoms with Crippen LogP contribution in [-0.4, -0.2) is 95.1 Å². The van der Waals surface area contributed by atoms with Gasteiger partial charge >= 0.3 is 6.03 Å². The topological polar surface area (TPSA) is 67.8 Å². The van der Waals surface area contributed by atoms with Crippen molar-refractivity contribution >= 4 is 17.8 Å². The van der Waals surface area contributed by atoms with Gasteiger partial charge in [0.15, 0.2) is 0 Å². The van der Waals surface area contributed by atoms with Gasteiger partial charge in [0.05, 0.1) is 0 Å². The first kappa shape index (κ1) is 23.6. The predicted molar refractivity (Wildman–Crippen MR) is 136 cm³/mol. The lowest BCUT2D eigenvalue weighted by atomic mass is 9.98. The van der Waals surface area contributed by atoms with Gasteiger partial charge in [0.1, 0.15) is 5.82 Å². The first-order valence-corrected chi connectivity index (χ1v) is 13.9. The number of carbonyl (C=O) groups is 1. The normalized spacial score (nSPS) is 25.8. The number of amides is 2. The summed E-state index contributed by atoms with van der Waals surface area (Å²) >= 11 is 0. The molecule has 0 bridgehead atoms. The Labute approximate surface area is 205 Å². The van der Waals surface area contributed by atoms with Crippen LogP contribution in [0.15, 0.2) is 12.3 Å². The molecule has 4 aliphatic heterocycles. The van der Waals surface area contributed by atoms with Gasteiger partial charge in [-0.25, -0.2) is 9.78 Å². The van der Waals surface area contributed by atoms with E-state index in [2.05, 4.69) is 36.0 Å². The number of urea groups is 1. The summed E-state index contributed by atoms with van der Waals surface area (Å²) in [4.78, 5) is 31.5. The summed E-state index contributed by atoms with van der Waals surface area (Å²) in [7, 11) is 0. The molecule has 1 aromatic rings. The number of hydrogen-bond acceptors (Lipinski definition) is 6. The number of piperidine rings is 3. The van der Waals surface area contributed by atoms with Gasteiger partial charge in [-0.1, -0.05) is 12.8 Å². The molecule has 34 heavy (non-hydrogen) atoms. The van der Waals surface area contributed by atoms with Gasteiger partial charge in [0.2, 0.25) is 5.95 Å². The first-order chi connectivity index (χ1) is 16.8. The van der Waals surface area contributed by atoms with E-state index in [1.165, 1.54) is 44.9 Å². The fourth-order valence-electron chi connectivity index (χ4n) is 6.24. The largest absolute Gasteiger partial charge is 0.356 e. The molecule has 0 saturated carbocycles. The monoisotopic (exact) mass is 469 g/mol. The van der Waals surface area contributed by atoms with E-state index in [9.17, 15) is 4.79 Å². The van der Waals surface area contributed by atoms with E-state index in [1.807, 2.05) is 6.20 Å². The molecule has 4 aliphatic rings. The van der Waals surface area contributed by atoms with E-state index in [-0.39, 0.29) is 6.03 Å². The second-order valence-corrected chi connectivity index (χ2v) is 10.7. The number of hydrogen-bond donors (Lipinski definition) is 1. The molecule has 1 aromatic heterocycles. The van der Waals surface area contributed by atoms with E-state index in [4.69, 9.17) is 4.98 Å². The summed E-state index contributed by atoms with van der Waals surface area (Å²) in [5, 5.41) is 3.65. The third-order valence-electron chi connectivity index (χ3n) is 8.23. The van der Waals surface area contributed by atoms with Crippen molar-refractivity contribution in [1.82, 2.24) is 24.7 Å². The average Bonchev–Trinajstić information content (AvgIpc) is 3.19. The van der Waals surface area contributed by atoms with Crippen LogP contribution in [-0.2, 0) is 0 Å². The molecule has 4 fully saturated rings. The molecule has 4 saturated heterocycles. The maximum Gasteiger partial charge on any atom is 0.319 e. The molecule has 8 heteroatoms. The summed E-state index contributed by atoms with van der Waals surface area (Å²) in [5.41, 5.74) is 0. The van der Waals surface area contributed by atoms with Crippen molar-refractivity contribution in [3.8, 4) is 0 Å². The van der Waals surface area contributed by atoms with Crippen molar-refractivity contribution < 1.29 is 4.79 Å². The molecule has 1 atom stereocenters. The van der Waals surface area contributed by atoms with Crippen LogP contribution in [0.4, 0.5) is 16.6 Å². The summed E-state index contributed by atoms with van der Waals surface area (Å²) in [6, 6.07) is 3.31. The van der Waals surface area contributed by atoms with Crippen LogP contribution < -0.4 is 10.2 Å². The second-order valence-electron chi connectivity index (χ2n) is 10.7. The number of nitrogens with one attached hydrogen (secondary N) is 1. The predicted octanol–water partition coefficient (Wildman–Crippen LogP) is 3.80. The van der Waals surface area contributed by atoms with E-state index in [0.29, 0.717) is 12.1 Å². The smallest absolute Gasteiger partial charge is 0.319 e. The van der Waals surface area contributed by atoms with Gasteiger partial charge in [-0.15, -0.1) is 0 Å². The van der Waals surface area contributed by atoms with Crippen LogP contribution >= 0.6 is 0 Å². The van der Waals surface area contributed by atoms with Gasteiger partial charge in [-0.05, 0) is 70.4 Å². The lowest BCUT2D eigenvalue weighted by Crippen LogP contribution is -2.54. The Hall–Kier alpha value is -2.09. The Morgan fingerprint density at radius 1 is 0.794 bits per heavy atom. The summed E-state index contributed by atoms with van der Waals surface area (Å²) in [6.45, 7) is 8.10. The number of nitrogens with zero attached hydrogens (tertiary/aromatic N) is 6. The quantitative estimate of drug-likeness (QED) is 0.723. The zero-order valence-electron chi connectivity index (χ0n) is 20.8. The molecule has 0 spiro atoms. The SMILES string of the molecule is O=C(N1CCCCC1)N1CCC(N2CCCC(Nc3nccc(N4CCCCCC4)n3)C2)CC1. The second kappa shape index (κ2) is 11.6. The maximum atomic E-state index is 12.9. The fraction of sp³-hybridized carbons (Fsp3) is 0.808. The van der Waals surface area contributed by atoms with Crippen molar-refractivity contribution in [3.63, 3.8) is 0 Å². The van der Waals surface area contributed by atoms with Gasteiger partial charge in [0.25, 0.3) is 0 Å². The molecular weight excluding hydrogens is 426 g/mol. The van der Waals surface area contributed by atoms with Crippen LogP contribution in [0.2, 0.25) is 0 Å². The highest BCUT2D eigenvalue weighted by atomic mass is 16.2. The highest BCUT2D eigenvalue weighted by molar-refractivity contribution is 5.74. The number of anilines is 2. The minimum absolute atomic E-state index is 0.276. The van der Waals surface area contributed by atoms with Gasteiger partial charge in [-0.3, -0.25) is 4.90 Å². The van der Waals surface area contributed by atoms with Crippen molar-refractivity contribution in [1.29, 1.82) is 0 Å². The zero-order chi connectivity index (χ0) is 23.2. The Bertz CT molecular complexity index is 783. The average molecular weight is 470 g/mol. The van der Waals surface area contributed by atoms with Crippen molar-refractivity contribution in [2.24, 2.45) is 0 Å². The van der Waals surface area contributed by atoms with Gasteiger partial charge < -0.3 is 20.0 Å². The minimum Gasteiger partial charge on any atom is -0.356 e. The van der Waals surface area contributed by atoms with Crippen LogP contribution in [0, 0.1) is 0 Å². The lowest BCUT2D eigenvalue weighted by molar-refractivity contribution is 0.0835. The van der Waals surface area contributed by atoms with Crippen LogP contribution in [0.5, 0.6) is 0 Å². The Morgan fingerprint density at radius 2 is 1.47 bits per heavy atom. The van der Waals surface area contributed by atoms with Crippen molar-refractivity contribution in [3.05, 3.63) is 12.3 Å². The van der Waals surface area contributed by atoms with Crippen molar-refractivity contribution in [2.45, 2.75) is 82.7 Å². The zero-order valence-corrected chi connectivity index (χ0v) is 20.8. The van der Waals surface area contributed by atoms with E-state index in [1.54, 1.807) is 0 Å². The van der Waals surface area contributed by atoms with E-state index in [0.717, 1.165) is 89.8 Å². The highest BCUT2D eigenvalue weighted by Crippen LogP contribution is 2.24. The molecule has 1 N–H and O–H groups in total. The van der Waals surface area contributed by atoms with Gasteiger partial charge in [0, 0.05) is 64.1 Å². The molecular formula is C26H43N7O. The lowest BCUT2D eigenvalue weighted by Gasteiger charge is -2.43. The molecule has 0 aromatic carbocycles. The summed E-state index contributed by atoms with van der Waals surface area (Å²) in [5.74, 6) is 1.84.